The fraction of sp³-hybridized carbons (Fsp3) is 0.158. The molecule has 0 aliphatic carbocycles. The van der Waals surface area contributed by atoms with Crippen molar-refractivity contribution in [2.45, 2.75) is 22.6 Å². The summed E-state index contributed by atoms with van der Waals surface area (Å²) in [5, 5.41) is 3.53. The van der Waals surface area contributed by atoms with Gasteiger partial charge in [0.15, 0.2) is 5.16 Å². The molecule has 0 fully saturated rings. The van der Waals surface area contributed by atoms with Crippen molar-refractivity contribution < 1.29 is 18.0 Å². The monoisotopic (exact) mass is 391 g/mol. The molecule has 0 saturated carbocycles. The molecule has 0 saturated heterocycles. The number of imidazole rings is 1. The van der Waals surface area contributed by atoms with Gasteiger partial charge in [0.2, 0.25) is 5.91 Å². The molecule has 0 atom stereocenters. The van der Waals surface area contributed by atoms with Crippen LogP contribution in [0.4, 0.5) is 18.9 Å². The molecule has 4 nitrogen and oxygen atoms in total. The van der Waals surface area contributed by atoms with E-state index in [1.165, 1.54) is 23.9 Å². The maximum atomic E-state index is 12.8. The van der Waals surface area contributed by atoms with Gasteiger partial charge in [0.1, 0.15) is 0 Å². The molecule has 1 aromatic heterocycles. The van der Waals surface area contributed by atoms with E-state index in [9.17, 15) is 18.0 Å². The average molecular weight is 391 g/mol. The first-order valence-electron chi connectivity index (χ1n) is 8.03. The lowest BCUT2D eigenvalue weighted by Gasteiger charge is -2.12. The highest BCUT2D eigenvalue weighted by molar-refractivity contribution is 7.99. The van der Waals surface area contributed by atoms with Gasteiger partial charge in [-0.2, -0.15) is 13.2 Å². The van der Waals surface area contributed by atoms with Crippen LogP contribution in [0.25, 0.3) is 0 Å². The highest BCUT2D eigenvalue weighted by Gasteiger charge is 2.30. The molecule has 3 aromatic rings. The number of nitrogens with one attached hydrogen (secondary N) is 1. The minimum absolute atomic E-state index is 0.147. The van der Waals surface area contributed by atoms with E-state index in [1.807, 2.05) is 29.9 Å². The largest absolute Gasteiger partial charge is 0.416 e. The number of nitrogens with zero attached hydrogens (tertiary/aromatic N) is 2. The Hall–Kier alpha value is -2.74. The molecule has 1 amide bonds. The summed E-state index contributed by atoms with van der Waals surface area (Å²) in [6.07, 6.45) is -1.09. The molecule has 0 unspecified atom stereocenters. The van der Waals surface area contributed by atoms with Crippen molar-refractivity contribution in [3.05, 3.63) is 72.1 Å². The summed E-state index contributed by atoms with van der Waals surface area (Å²) in [7, 11) is 1.87. The highest BCUT2D eigenvalue weighted by atomic mass is 32.2. The predicted octanol–water partition coefficient (Wildman–Crippen LogP) is 4.77. The number of amides is 1. The number of aromatic nitrogens is 2. The molecule has 1 heterocycles. The number of halogens is 3. The van der Waals surface area contributed by atoms with E-state index in [-0.39, 0.29) is 12.3 Å². The Kier molecular flexibility index (Phi) is 5.55. The van der Waals surface area contributed by atoms with Crippen molar-refractivity contribution in [3.63, 3.8) is 0 Å². The molecule has 0 spiro atoms. The Morgan fingerprint density at radius 3 is 2.67 bits per heavy atom. The summed E-state index contributed by atoms with van der Waals surface area (Å²) in [5.74, 6) is -0.387. The number of carbonyl (C=O) groups is 1. The minimum atomic E-state index is -4.43. The zero-order chi connectivity index (χ0) is 19.4. The number of hydrogen-bond donors (Lipinski definition) is 1. The second kappa shape index (κ2) is 7.87. The van der Waals surface area contributed by atoms with E-state index < -0.39 is 11.7 Å². The standard InChI is InChI=1S/C19H16F3N3OS/c1-25-10-9-23-18(25)27-16-8-3-2-7-15(16)24-17(26)12-13-5-4-6-14(11-13)19(20,21)22/h2-11H,12H2,1H3,(H,24,26). The Morgan fingerprint density at radius 2 is 1.96 bits per heavy atom. The number of rotatable bonds is 5. The summed E-state index contributed by atoms with van der Waals surface area (Å²) in [6.45, 7) is 0. The van der Waals surface area contributed by atoms with Crippen LogP contribution in [0.5, 0.6) is 0 Å². The molecular weight excluding hydrogens is 375 g/mol. The van der Waals surface area contributed by atoms with E-state index >= 15 is 0 Å². The number of para-hydroxylation sites is 1. The van der Waals surface area contributed by atoms with Gasteiger partial charge in [-0.15, -0.1) is 0 Å². The van der Waals surface area contributed by atoms with E-state index in [1.54, 1.807) is 18.3 Å². The SMILES string of the molecule is Cn1ccnc1Sc1ccccc1NC(=O)Cc1cccc(C(F)(F)F)c1. The van der Waals surface area contributed by atoms with E-state index in [4.69, 9.17) is 0 Å². The Balaban J connectivity index is 1.73. The lowest BCUT2D eigenvalue weighted by molar-refractivity contribution is -0.137. The third kappa shape index (κ3) is 4.91. The third-order valence-electron chi connectivity index (χ3n) is 3.76. The molecule has 8 heteroatoms. The number of benzene rings is 2. The predicted molar refractivity (Wildman–Crippen MR) is 97.6 cm³/mol. The summed E-state index contributed by atoms with van der Waals surface area (Å²) in [5.41, 5.74) is 0.123. The molecular formula is C19H16F3N3OS. The number of alkyl halides is 3. The second-order valence-electron chi connectivity index (χ2n) is 5.84. The molecule has 0 radical (unpaired) electrons. The van der Waals surface area contributed by atoms with Crippen LogP contribution in [0, 0.1) is 0 Å². The fourth-order valence-electron chi connectivity index (χ4n) is 2.44. The van der Waals surface area contributed by atoms with Crippen LogP contribution in [0.2, 0.25) is 0 Å². The first kappa shape index (κ1) is 19.0. The van der Waals surface area contributed by atoms with Gasteiger partial charge in [0.05, 0.1) is 17.7 Å². The van der Waals surface area contributed by atoms with Crippen molar-refractivity contribution >= 4 is 23.4 Å². The van der Waals surface area contributed by atoms with Gasteiger partial charge < -0.3 is 9.88 Å². The van der Waals surface area contributed by atoms with Crippen LogP contribution < -0.4 is 5.32 Å². The third-order valence-corrected chi connectivity index (χ3v) is 4.91. The molecule has 0 aliphatic rings. The Labute approximate surface area is 158 Å². The fourth-order valence-corrected chi connectivity index (χ4v) is 3.34. The number of anilines is 1. The summed E-state index contributed by atoms with van der Waals surface area (Å²) < 4.78 is 40.3. The van der Waals surface area contributed by atoms with E-state index in [0.717, 1.165) is 22.2 Å². The zero-order valence-electron chi connectivity index (χ0n) is 14.3. The topological polar surface area (TPSA) is 46.9 Å². The molecule has 140 valence electrons. The van der Waals surface area contributed by atoms with Crippen LogP contribution in [0.1, 0.15) is 11.1 Å². The summed E-state index contributed by atoms with van der Waals surface area (Å²) in [6, 6.07) is 12.0. The highest BCUT2D eigenvalue weighted by Crippen LogP contribution is 2.32. The van der Waals surface area contributed by atoms with Crippen LogP contribution >= 0.6 is 11.8 Å². The van der Waals surface area contributed by atoms with Crippen molar-refractivity contribution in [3.8, 4) is 0 Å². The smallest absolute Gasteiger partial charge is 0.329 e. The van der Waals surface area contributed by atoms with Crippen molar-refractivity contribution in [2.24, 2.45) is 7.05 Å². The van der Waals surface area contributed by atoms with Crippen molar-refractivity contribution in [1.29, 1.82) is 0 Å². The van der Waals surface area contributed by atoms with Gasteiger partial charge in [-0.1, -0.05) is 30.3 Å². The quantitative estimate of drug-likeness (QED) is 0.681. The number of aryl methyl sites for hydroxylation is 1. The second-order valence-corrected chi connectivity index (χ2v) is 6.85. The number of hydrogen-bond acceptors (Lipinski definition) is 3. The molecule has 2 aromatic carbocycles. The summed E-state index contributed by atoms with van der Waals surface area (Å²) in [4.78, 5) is 17.4. The molecule has 27 heavy (non-hydrogen) atoms. The van der Waals surface area contributed by atoms with Gasteiger partial charge in [-0.3, -0.25) is 4.79 Å². The van der Waals surface area contributed by atoms with Gasteiger partial charge >= 0.3 is 6.18 Å². The van der Waals surface area contributed by atoms with Crippen LogP contribution in [-0.2, 0) is 24.4 Å². The Bertz CT molecular complexity index is 953. The average Bonchev–Trinajstić information content (AvgIpc) is 3.01. The van der Waals surface area contributed by atoms with Crippen LogP contribution in [0.3, 0.4) is 0 Å². The molecule has 1 N–H and O–H groups in total. The lowest BCUT2D eigenvalue weighted by atomic mass is 10.1. The zero-order valence-corrected chi connectivity index (χ0v) is 15.1. The summed E-state index contributed by atoms with van der Waals surface area (Å²) >= 11 is 1.39. The minimum Gasteiger partial charge on any atom is -0.329 e. The maximum absolute atomic E-state index is 12.8. The number of carbonyl (C=O) groups excluding carboxylic acids is 1. The molecule has 3 rings (SSSR count). The molecule has 0 bridgehead atoms. The van der Waals surface area contributed by atoms with E-state index in [0.29, 0.717) is 11.3 Å². The first-order chi connectivity index (χ1) is 12.8. The van der Waals surface area contributed by atoms with Crippen molar-refractivity contribution in [1.82, 2.24) is 9.55 Å². The normalized spacial score (nSPS) is 11.4. The van der Waals surface area contributed by atoms with Gasteiger partial charge in [0, 0.05) is 24.3 Å². The Morgan fingerprint density at radius 1 is 1.19 bits per heavy atom. The lowest BCUT2D eigenvalue weighted by Crippen LogP contribution is -2.15. The van der Waals surface area contributed by atoms with Gasteiger partial charge in [0.25, 0.3) is 0 Å². The van der Waals surface area contributed by atoms with Crippen LogP contribution in [-0.4, -0.2) is 15.5 Å². The van der Waals surface area contributed by atoms with E-state index in [2.05, 4.69) is 10.3 Å². The van der Waals surface area contributed by atoms with Gasteiger partial charge in [-0.05, 0) is 35.5 Å². The van der Waals surface area contributed by atoms with Crippen molar-refractivity contribution in [2.75, 3.05) is 5.32 Å². The van der Waals surface area contributed by atoms with Gasteiger partial charge in [-0.25, -0.2) is 4.98 Å². The van der Waals surface area contributed by atoms with Crippen LogP contribution in [0.15, 0.2) is 71.0 Å². The first-order valence-corrected chi connectivity index (χ1v) is 8.85. The molecule has 0 aliphatic heterocycles. The maximum Gasteiger partial charge on any atom is 0.416 e.